The first-order valence-corrected chi connectivity index (χ1v) is 10.3. The van der Waals surface area contributed by atoms with Crippen molar-refractivity contribution in [3.8, 4) is 11.8 Å². The monoisotopic (exact) mass is 409 g/mol. The van der Waals surface area contributed by atoms with Crippen LogP contribution in [0.15, 0.2) is 88.8 Å². The molecule has 0 fully saturated rings. The van der Waals surface area contributed by atoms with E-state index in [0.29, 0.717) is 27.6 Å². The standard InChI is InChI=1S/C23H15N5OS/c24-14-16-7-6-8-17(13-16)15-30-23-26-25-22-27(18-9-2-1-3-10-18)21(29)19-11-4-5-12-20(19)28(22)23/h1-13H,15H2. The van der Waals surface area contributed by atoms with Crippen molar-refractivity contribution in [2.45, 2.75) is 10.9 Å². The van der Waals surface area contributed by atoms with Crippen LogP contribution < -0.4 is 5.56 Å². The molecule has 0 aliphatic carbocycles. The van der Waals surface area contributed by atoms with Gasteiger partial charge in [0, 0.05) is 5.75 Å². The van der Waals surface area contributed by atoms with Gasteiger partial charge < -0.3 is 0 Å². The zero-order valence-electron chi connectivity index (χ0n) is 15.8. The van der Waals surface area contributed by atoms with Gasteiger partial charge in [0.15, 0.2) is 5.16 Å². The van der Waals surface area contributed by atoms with Crippen LogP contribution in [0.5, 0.6) is 0 Å². The molecule has 144 valence electrons. The Balaban J connectivity index is 1.69. The Labute approximate surface area is 176 Å². The minimum Gasteiger partial charge on any atom is -0.268 e. The molecule has 0 spiro atoms. The molecule has 2 aromatic heterocycles. The molecule has 0 bridgehead atoms. The lowest BCUT2D eigenvalue weighted by atomic mass is 10.2. The van der Waals surface area contributed by atoms with Crippen molar-refractivity contribution < 1.29 is 0 Å². The van der Waals surface area contributed by atoms with E-state index in [9.17, 15) is 4.79 Å². The summed E-state index contributed by atoms with van der Waals surface area (Å²) in [4.78, 5) is 13.2. The number of fused-ring (bicyclic) bond motifs is 3. The molecule has 0 aliphatic rings. The van der Waals surface area contributed by atoms with E-state index in [1.165, 1.54) is 11.8 Å². The third-order valence-electron chi connectivity index (χ3n) is 4.83. The molecule has 0 amide bonds. The first-order chi connectivity index (χ1) is 14.8. The molecule has 0 unspecified atom stereocenters. The first kappa shape index (κ1) is 18.2. The van der Waals surface area contributed by atoms with Gasteiger partial charge in [-0.25, -0.2) is 4.57 Å². The van der Waals surface area contributed by atoms with Gasteiger partial charge in [0.2, 0.25) is 5.78 Å². The molecule has 5 aromatic rings. The molecule has 3 aromatic carbocycles. The summed E-state index contributed by atoms with van der Waals surface area (Å²) in [5.74, 6) is 1.10. The predicted octanol–water partition coefficient (Wildman–Crippen LogP) is 4.20. The van der Waals surface area contributed by atoms with Gasteiger partial charge in [-0.15, -0.1) is 10.2 Å². The highest BCUT2D eigenvalue weighted by Gasteiger charge is 2.17. The highest BCUT2D eigenvalue weighted by Crippen LogP contribution is 2.26. The number of benzene rings is 3. The van der Waals surface area contributed by atoms with Crippen molar-refractivity contribution in [1.29, 1.82) is 5.26 Å². The fraction of sp³-hybridized carbons (Fsp3) is 0.0435. The average Bonchev–Trinajstić information content (AvgIpc) is 3.22. The van der Waals surface area contributed by atoms with Crippen LogP contribution in [0.4, 0.5) is 0 Å². The average molecular weight is 409 g/mol. The van der Waals surface area contributed by atoms with E-state index in [1.54, 1.807) is 10.6 Å². The minimum atomic E-state index is -0.130. The second-order valence-electron chi connectivity index (χ2n) is 6.71. The summed E-state index contributed by atoms with van der Waals surface area (Å²) < 4.78 is 3.51. The van der Waals surface area contributed by atoms with E-state index in [-0.39, 0.29) is 5.56 Å². The fourth-order valence-electron chi connectivity index (χ4n) is 3.46. The lowest BCUT2D eigenvalue weighted by Crippen LogP contribution is -2.21. The maximum Gasteiger partial charge on any atom is 0.267 e. The summed E-state index contributed by atoms with van der Waals surface area (Å²) in [6.45, 7) is 0. The van der Waals surface area contributed by atoms with Crippen molar-refractivity contribution in [2.24, 2.45) is 0 Å². The molecular weight excluding hydrogens is 394 g/mol. The van der Waals surface area contributed by atoms with E-state index in [2.05, 4.69) is 16.3 Å². The number of aromatic nitrogens is 4. The zero-order chi connectivity index (χ0) is 20.5. The van der Waals surface area contributed by atoms with Crippen LogP contribution in [-0.4, -0.2) is 19.2 Å². The summed E-state index contributed by atoms with van der Waals surface area (Å²) in [5.41, 5.74) is 3.03. The van der Waals surface area contributed by atoms with Crippen molar-refractivity contribution in [3.05, 3.63) is 100 Å². The Kier molecular flexibility index (Phi) is 4.54. The maximum absolute atomic E-state index is 13.2. The molecule has 0 atom stereocenters. The fourth-order valence-corrected chi connectivity index (χ4v) is 4.34. The molecule has 2 heterocycles. The second-order valence-corrected chi connectivity index (χ2v) is 7.65. The molecular formula is C23H15N5OS. The third-order valence-corrected chi connectivity index (χ3v) is 5.83. The van der Waals surface area contributed by atoms with Crippen LogP contribution in [0.3, 0.4) is 0 Å². The van der Waals surface area contributed by atoms with E-state index >= 15 is 0 Å². The number of nitrogens with zero attached hydrogens (tertiary/aromatic N) is 5. The number of hydrogen-bond acceptors (Lipinski definition) is 5. The number of hydrogen-bond donors (Lipinski definition) is 0. The lowest BCUT2D eigenvalue weighted by Gasteiger charge is -2.11. The first-order valence-electron chi connectivity index (χ1n) is 9.32. The largest absolute Gasteiger partial charge is 0.268 e. The molecule has 0 saturated carbocycles. The molecule has 5 rings (SSSR count). The number of nitriles is 1. The molecule has 6 nitrogen and oxygen atoms in total. The number of para-hydroxylation sites is 2. The van der Waals surface area contributed by atoms with Crippen LogP contribution in [-0.2, 0) is 5.75 Å². The van der Waals surface area contributed by atoms with Crippen molar-refractivity contribution in [3.63, 3.8) is 0 Å². The smallest absolute Gasteiger partial charge is 0.267 e. The molecule has 0 N–H and O–H groups in total. The van der Waals surface area contributed by atoms with Crippen molar-refractivity contribution >= 4 is 28.4 Å². The van der Waals surface area contributed by atoms with E-state index < -0.39 is 0 Å². The number of rotatable bonds is 4. The van der Waals surface area contributed by atoms with Crippen LogP contribution in [0.25, 0.3) is 22.4 Å². The van der Waals surface area contributed by atoms with E-state index in [1.807, 2.05) is 77.2 Å². The SMILES string of the molecule is N#Cc1cccc(CSc2nnc3n(-c4ccccc4)c(=O)c4ccccc4n23)c1. The molecule has 7 heteroatoms. The summed E-state index contributed by atoms with van der Waals surface area (Å²) in [7, 11) is 0. The summed E-state index contributed by atoms with van der Waals surface area (Å²) in [5, 5.41) is 19.1. The quantitative estimate of drug-likeness (QED) is 0.416. The second kappa shape index (κ2) is 7.50. The van der Waals surface area contributed by atoms with Gasteiger partial charge in [0.1, 0.15) is 0 Å². The van der Waals surface area contributed by atoms with Crippen LogP contribution >= 0.6 is 11.8 Å². The van der Waals surface area contributed by atoms with Crippen molar-refractivity contribution in [2.75, 3.05) is 0 Å². The lowest BCUT2D eigenvalue weighted by molar-refractivity contribution is 0.930. The van der Waals surface area contributed by atoms with Gasteiger partial charge in [-0.3, -0.25) is 9.20 Å². The third kappa shape index (κ3) is 3.04. The van der Waals surface area contributed by atoms with Gasteiger partial charge in [-0.05, 0) is 42.0 Å². The highest BCUT2D eigenvalue weighted by molar-refractivity contribution is 7.98. The Morgan fingerprint density at radius 3 is 2.57 bits per heavy atom. The minimum absolute atomic E-state index is 0.130. The summed E-state index contributed by atoms with van der Waals surface area (Å²) in [6, 6.07) is 26.6. The molecule has 30 heavy (non-hydrogen) atoms. The van der Waals surface area contributed by atoms with Gasteiger partial charge in [0.25, 0.3) is 5.56 Å². The van der Waals surface area contributed by atoms with Gasteiger partial charge in [-0.2, -0.15) is 5.26 Å². The zero-order valence-corrected chi connectivity index (χ0v) is 16.6. The van der Waals surface area contributed by atoms with Gasteiger partial charge in [-0.1, -0.05) is 54.2 Å². The summed E-state index contributed by atoms with van der Waals surface area (Å²) >= 11 is 1.52. The molecule has 0 saturated heterocycles. The predicted molar refractivity (Wildman–Crippen MR) is 117 cm³/mol. The Hall–Kier alpha value is -3.89. The normalized spacial score (nSPS) is 11.0. The summed E-state index contributed by atoms with van der Waals surface area (Å²) in [6.07, 6.45) is 0. The topological polar surface area (TPSA) is 76.0 Å². The van der Waals surface area contributed by atoms with Crippen LogP contribution in [0.2, 0.25) is 0 Å². The Morgan fingerprint density at radius 2 is 1.73 bits per heavy atom. The Bertz CT molecular complexity index is 1480. The van der Waals surface area contributed by atoms with Gasteiger partial charge in [0.05, 0.1) is 28.2 Å². The van der Waals surface area contributed by atoms with E-state index in [0.717, 1.165) is 16.8 Å². The highest BCUT2D eigenvalue weighted by atomic mass is 32.2. The van der Waals surface area contributed by atoms with Crippen LogP contribution in [0.1, 0.15) is 11.1 Å². The Morgan fingerprint density at radius 1 is 0.933 bits per heavy atom. The molecule has 0 aliphatic heterocycles. The van der Waals surface area contributed by atoms with Gasteiger partial charge >= 0.3 is 0 Å². The van der Waals surface area contributed by atoms with Crippen molar-refractivity contribution in [1.82, 2.24) is 19.2 Å². The van der Waals surface area contributed by atoms with E-state index in [4.69, 9.17) is 5.26 Å². The number of thioether (sulfide) groups is 1. The van der Waals surface area contributed by atoms with Crippen LogP contribution in [0, 0.1) is 11.3 Å². The molecule has 0 radical (unpaired) electrons. The maximum atomic E-state index is 13.2.